The van der Waals surface area contributed by atoms with Gasteiger partial charge in [-0.1, -0.05) is 20.3 Å². The summed E-state index contributed by atoms with van der Waals surface area (Å²) < 4.78 is 1.80. The largest absolute Gasteiger partial charge is 0.480 e. The summed E-state index contributed by atoms with van der Waals surface area (Å²) in [6.45, 7) is 9.47. The van der Waals surface area contributed by atoms with E-state index < -0.39 is 12.0 Å². The van der Waals surface area contributed by atoms with E-state index in [2.05, 4.69) is 10.4 Å². The minimum atomic E-state index is -0.989. The van der Waals surface area contributed by atoms with Crippen molar-refractivity contribution in [3.05, 3.63) is 17.5 Å². The Morgan fingerprint density at radius 3 is 2.43 bits per heavy atom. The molecule has 0 aliphatic heterocycles. The first kappa shape index (κ1) is 17.2. The van der Waals surface area contributed by atoms with Crippen LogP contribution < -0.4 is 5.32 Å². The summed E-state index contributed by atoms with van der Waals surface area (Å²) in [4.78, 5) is 23.3. The summed E-state index contributed by atoms with van der Waals surface area (Å²) in [5.74, 6) is -1.35. The van der Waals surface area contributed by atoms with Crippen LogP contribution in [0.5, 0.6) is 0 Å². The Labute approximate surface area is 125 Å². The van der Waals surface area contributed by atoms with Gasteiger partial charge in [-0.2, -0.15) is 5.10 Å². The second kappa shape index (κ2) is 7.24. The first-order chi connectivity index (χ1) is 9.76. The highest BCUT2D eigenvalue weighted by molar-refractivity contribution is 5.83. The van der Waals surface area contributed by atoms with Gasteiger partial charge in [-0.15, -0.1) is 0 Å². The van der Waals surface area contributed by atoms with E-state index in [1.165, 1.54) is 0 Å². The van der Waals surface area contributed by atoms with Crippen LogP contribution in [0.25, 0.3) is 0 Å². The molecule has 3 atom stereocenters. The van der Waals surface area contributed by atoms with Gasteiger partial charge in [0.1, 0.15) is 6.04 Å². The Bertz CT molecular complexity index is 510. The number of amides is 1. The lowest BCUT2D eigenvalue weighted by Gasteiger charge is -2.21. The van der Waals surface area contributed by atoms with Crippen LogP contribution in [0, 0.1) is 19.8 Å². The van der Waals surface area contributed by atoms with Gasteiger partial charge in [0.15, 0.2) is 0 Å². The van der Waals surface area contributed by atoms with Crippen LogP contribution in [0.3, 0.4) is 0 Å². The van der Waals surface area contributed by atoms with Crippen LogP contribution in [0.2, 0.25) is 0 Å². The number of rotatable bonds is 7. The van der Waals surface area contributed by atoms with Crippen molar-refractivity contribution >= 4 is 11.9 Å². The molecule has 1 aromatic heterocycles. The Morgan fingerprint density at radius 2 is 2.00 bits per heavy atom. The highest BCUT2D eigenvalue weighted by atomic mass is 16.4. The number of hydrogen-bond acceptors (Lipinski definition) is 3. The topological polar surface area (TPSA) is 84.2 Å². The van der Waals surface area contributed by atoms with Gasteiger partial charge in [0.2, 0.25) is 5.91 Å². The van der Waals surface area contributed by atoms with E-state index in [1.807, 2.05) is 40.7 Å². The minimum Gasteiger partial charge on any atom is -0.480 e. The Kier molecular flexibility index (Phi) is 5.93. The Balaban J connectivity index is 2.68. The van der Waals surface area contributed by atoms with Crippen molar-refractivity contribution in [3.63, 3.8) is 0 Å². The number of aryl methyl sites for hydroxylation is 2. The number of nitrogens with zero attached hydrogens (tertiary/aromatic N) is 2. The van der Waals surface area contributed by atoms with Crippen molar-refractivity contribution in [2.45, 2.75) is 59.5 Å². The normalized spacial score (nSPS) is 15.3. The molecule has 1 rings (SSSR count). The lowest BCUT2D eigenvalue weighted by atomic mass is 9.99. The number of carboxylic acid groups (broad SMARTS) is 1. The molecule has 1 aromatic rings. The van der Waals surface area contributed by atoms with E-state index >= 15 is 0 Å². The zero-order chi connectivity index (χ0) is 16.2. The third kappa shape index (κ3) is 4.58. The van der Waals surface area contributed by atoms with Crippen LogP contribution in [-0.4, -0.2) is 32.8 Å². The molecule has 0 radical (unpaired) electrons. The van der Waals surface area contributed by atoms with Crippen molar-refractivity contribution < 1.29 is 14.7 Å². The molecule has 0 saturated heterocycles. The van der Waals surface area contributed by atoms with Crippen LogP contribution in [0.15, 0.2) is 6.07 Å². The monoisotopic (exact) mass is 295 g/mol. The van der Waals surface area contributed by atoms with E-state index in [0.29, 0.717) is 6.42 Å². The van der Waals surface area contributed by atoms with Gasteiger partial charge in [0, 0.05) is 12.1 Å². The number of aliphatic carboxylic acids is 1. The lowest BCUT2D eigenvalue weighted by Crippen LogP contribution is -2.45. The molecule has 1 unspecified atom stereocenters. The molecular formula is C15H25N3O3. The smallest absolute Gasteiger partial charge is 0.326 e. The first-order valence-electron chi connectivity index (χ1n) is 7.31. The number of nitrogens with one attached hydrogen (secondary N) is 1. The van der Waals surface area contributed by atoms with Crippen LogP contribution in [-0.2, 0) is 9.59 Å². The van der Waals surface area contributed by atoms with Crippen molar-refractivity contribution in [3.8, 4) is 0 Å². The number of carbonyl (C=O) groups is 2. The SMILES string of the molecule is CC[C@H](C)[C@H](NC(=O)CC(C)n1nc(C)cc1C)C(=O)O. The molecule has 1 heterocycles. The zero-order valence-electron chi connectivity index (χ0n) is 13.4. The first-order valence-corrected chi connectivity index (χ1v) is 7.31. The summed E-state index contributed by atoms with van der Waals surface area (Å²) in [7, 11) is 0. The number of hydrogen-bond donors (Lipinski definition) is 2. The van der Waals surface area contributed by atoms with E-state index in [4.69, 9.17) is 0 Å². The molecular weight excluding hydrogens is 270 g/mol. The van der Waals surface area contributed by atoms with E-state index in [-0.39, 0.29) is 24.3 Å². The summed E-state index contributed by atoms with van der Waals surface area (Å²) in [5.41, 5.74) is 1.90. The Hall–Kier alpha value is -1.85. The van der Waals surface area contributed by atoms with Gasteiger partial charge in [0.05, 0.1) is 11.7 Å². The maximum atomic E-state index is 12.1. The number of carbonyl (C=O) groups excluding carboxylic acids is 1. The van der Waals surface area contributed by atoms with E-state index in [0.717, 1.165) is 11.4 Å². The Morgan fingerprint density at radius 1 is 1.38 bits per heavy atom. The molecule has 0 aromatic carbocycles. The molecule has 0 aliphatic rings. The molecule has 0 spiro atoms. The number of carboxylic acids is 1. The maximum Gasteiger partial charge on any atom is 0.326 e. The van der Waals surface area contributed by atoms with Gasteiger partial charge in [-0.25, -0.2) is 4.79 Å². The third-order valence-electron chi connectivity index (χ3n) is 3.74. The standard InChI is InChI=1S/C15H25N3O3/c1-6-9(2)14(15(20)21)16-13(19)8-12(5)18-11(4)7-10(3)17-18/h7,9,12,14H,6,8H2,1-5H3,(H,16,19)(H,20,21)/t9-,12?,14-/m0/s1. The van der Waals surface area contributed by atoms with Crippen molar-refractivity contribution in [2.24, 2.45) is 5.92 Å². The summed E-state index contributed by atoms with van der Waals surface area (Å²) >= 11 is 0. The predicted molar refractivity (Wildman–Crippen MR) is 80.1 cm³/mol. The molecule has 0 aliphatic carbocycles. The van der Waals surface area contributed by atoms with Gasteiger partial charge in [-0.3, -0.25) is 9.48 Å². The molecule has 0 bridgehead atoms. The highest BCUT2D eigenvalue weighted by Crippen LogP contribution is 2.15. The van der Waals surface area contributed by atoms with Crippen molar-refractivity contribution in [1.29, 1.82) is 0 Å². The average Bonchev–Trinajstić information content (AvgIpc) is 2.73. The van der Waals surface area contributed by atoms with E-state index in [1.54, 1.807) is 4.68 Å². The minimum absolute atomic E-state index is 0.101. The fourth-order valence-corrected chi connectivity index (χ4v) is 2.36. The summed E-state index contributed by atoms with van der Waals surface area (Å²) in [5, 5.41) is 16.2. The fraction of sp³-hybridized carbons (Fsp3) is 0.667. The molecule has 1 amide bonds. The predicted octanol–water partition coefficient (Wildman–Crippen LogP) is 2.07. The second-order valence-corrected chi connectivity index (χ2v) is 5.69. The van der Waals surface area contributed by atoms with Crippen LogP contribution in [0.4, 0.5) is 0 Å². The van der Waals surface area contributed by atoms with Gasteiger partial charge >= 0.3 is 5.97 Å². The summed E-state index contributed by atoms with van der Waals surface area (Å²) in [6, 6.07) is 1.01. The molecule has 6 nitrogen and oxygen atoms in total. The van der Waals surface area contributed by atoms with Crippen molar-refractivity contribution in [1.82, 2.24) is 15.1 Å². The van der Waals surface area contributed by atoms with Gasteiger partial charge in [0.25, 0.3) is 0 Å². The summed E-state index contributed by atoms with van der Waals surface area (Å²) in [6.07, 6.45) is 0.909. The second-order valence-electron chi connectivity index (χ2n) is 5.69. The van der Waals surface area contributed by atoms with Crippen LogP contribution >= 0.6 is 0 Å². The van der Waals surface area contributed by atoms with Gasteiger partial charge in [-0.05, 0) is 32.8 Å². The molecule has 0 saturated carbocycles. The fourth-order valence-electron chi connectivity index (χ4n) is 2.36. The molecule has 2 N–H and O–H groups in total. The number of aromatic nitrogens is 2. The van der Waals surface area contributed by atoms with Gasteiger partial charge < -0.3 is 10.4 Å². The van der Waals surface area contributed by atoms with E-state index in [9.17, 15) is 14.7 Å². The molecule has 21 heavy (non-hydrogen) atoms. The quantitative estimate of drug-likeness (QED) is 0.806. The van der Waals surface area contributed by atoms with Crippen molar-refractivity contribution in [2.75, 3.05) is 0 Å². The molecule has 0 fully saturated rings. The maximum absolute atomic E-state index is 12.1. The zero-order valence-corrected chi connectivity index (χ0v) is 13.4. The average molecular weight is 295 g/mol. The lowest BCUT2D eigenvalue weighted by molar-refractivity contribution is -0.143. The molecule has 6 heteroatoms. The van der Waals surface area contributed by atoms with Crippen LogP contribution in [0.1, 0.15) is 51.0 Å². The highest BCUT2D eigenvalue weighted by Gasteiger charge is 2.26. The third-order valence-corrected chi connectivity index (χ3v) is 3.74. The molecule has 118 valence electrons.